The Morgan fingerprint density at radius 2 is 1.12 bits per heavy atom. The smallest absolute Gasteiger partial charge is 0.213 e. The number of halogens is 1. The first-order valence-electron chi connectivity index (χ1n) is 16.3. The molecule has 0 saturated carbocycles. The number of para-hydroxylation sites is 2. The standard InChI is InChI=1S/C44H27ClN2O2/c45-30-18-23-41-38(25-30)43-37-22-20-33(26-39(37)47(44(43)49-41)31-13-5-2-6-14-31)46(32-15-9-12-29(24-32)28-10-3-1-4-11-28)34-19-21-36-35-16-7-8-17-40(35)48-42(36)27-34/h1-27H. The molecule has 0 aliphatic heterocycles. The number of rotatable bonds is 5. The van der Waals surface area contributed by atoms with Crippen LogP contribution in [-0.2, 0) is 0 Å². The van der Waals surface area contributed by atoms with Crippen molar-refractivity contribution in [3.8, 4) is 16.8 Å². The summed E-state index contributed by atoms with van der Waals surface area (Å²) in [6.45, 7) is 0. The van der Waals surface area contributed by atoms with Gasteiger partial charge in [-0.1, -0.05) is 90.5 Å². The summed E-state index contributed by atoms with van der Waals surface area (Å²) in [7, 11) is 0. The molecule has 0 amide bonds. The van der Waals surface area contributed by atoms with E-state index < -0.39 is 0 Å². The van der Waals surface area contributed by atoms with Crippen LogP contribution in [0.5, 0.6) is 0 Å². The minimum absolute atomic E-state index is 0.679. The molecule has 3 aromatic heterocycles. The highest BCUT2D eigenvalue weighted by molar-refractivity contribution is 6.32. The van der Waals surface area contributed by atoms with E-state index in [4.69, 9.17) is 20.4 Å². The van der Waals surface area contributed by atoms with Crippen molar-refractivity contribution >= 4 is 83.6 Å². The Morgan fingerprint density at radius 3 is 1.98 bits per heavy atom. The van der Waals surface area contributed by atoms with Crippen molar-refractivity contribution in [2.45, 2.75) is 0 Å². The monoisotopic (exact) mass is 650 g/mol. The second-order valence-corrected chi connectivity index (χ2v) is 12.8. The molecule has 0 saturated heterocycles. The van der Waals surface area contributed by atoms with E-state index in [0.29, 0.717) is 5.02 Å². The summed E-state index contributed by atoms with van der Waals surface area (Å²) < 4.78 is 15.2. The SMILES string of the molecule is Clc1ccc2oc3c(c2c1)c1ccc(N(c2cccc(-c4ccccc4)c2)c2ccc4c(c2)oc2ccccc24)cc1n3-c1ccccc1. The lowest BCUT2D eigenvalue weighted by Gasteiger charge is -2.26. The lowest BCUT2D eigenvalue weighted by atomic mass is 10.0. The molecule has 0 aliphatic carbocycles. The third-order valence-corrected chi connectivity index (χ3v) is 9.67. The maximum absolute atomic E-state index is 6.57. The topological polar surface area (TPSA) is 34.5 Å². The predicted molar refractivity (Wildman–Crippen MR) is 203 cm³/mol. The van der Waals surface area contributed by atoms with Gasteiger partial charge in [-0.3, -0.25) is 4.57 Å². The minimum Gasteiger partial charge on any atom is -0.456 e. The first kappa shape index (κ1) is 27.8. The summed E-state index contributed by atoms with van der Waals surface area (Å²) in [6.07, 6.45) is 0. The van der Waals surface area contributed by atoms with Crippen LogP contribution in [0.25, 0.3) is 71.7 Å². The first-order chi connectivity index (χ1) is 24.2. The van der Waals surface area contributed by atoms with Gasteiger partial charge in [-0.25, -0.2) is 0 Å². The molecule has 0 atom stereocenters. The summed E-state index contributed by atoms with van der Waals surface area (Å²) in [5.41, 5.74) is 10.7. The second-order valence-electron chi connectivity index (χ2n) is 12.3. The van der Waals surface area contributed by atoms with Crippen molar-refractivity contribution in [3.63, 3.8) is 0 Å². The zero-order valence-electron chi connectivity index (χ0n) is 26.2. The summed E-state index contributed by atoms with van der Waals surface area (Å²) in [6, 6.07) is 56.7. The van der Waals surface area contributed by atoms with Crippen LogP contribution in [0.4, 0.5) is 17.1 Å². The molecule has 3 heterocycles. The zero-order valence-corrected chi connectivity index (χ0v) is 26.9. The molecule has 0 bridgehead atoms. The number of anilines is 3. The van der Waals surface area contributed by atoms with Crippen LogP contribution in [-0.4, -0.2) is 4.57 Å². The highest BCUT2D eigenvalue weighted by Gasteiger charge is 2.22. The molecule has 0 radical (unpaired) electrons. The Bertz CT molecular complexity index is 2850. The number of nitrogens with zero attached hydrogens (tertiary/aromatic N) is 2. The maximum Gasteiger partial charge on any atom is 0.213 e. The van der Waals surface area contributed by atoms with Crippen molar-refractivity contribution in [2.24, 2.45) is 0 Å². The number of furan rings is 2. The fraction of sp³-hybridized carbons (Fsp3) is 0. The molecule has 0 fully saturated rings. The molecule has 0 spiro atoms. The molecule has 0 unspecified atom stereocenters. The Morgan fingerprint density at radius 1 is 0.449 bits per heavy atom. The average Bonchev–Trinajstić information content (AvgIpc) is 3.80. The van der Waals surface area contributed by atoms with Crippen molar-refractivity contribution < 1.29 is 8.83 Å². The number of fused-ring (bicyclic) bond motifs is 8. The third-order valence-electron chi connectivity index (χ3n) is 9.43. The molecular formula is C44H27ClN2O2. The average molecular weight is 651 g/mol. The Hall–Kier alpha value is -6.23. The number of benzene rings is 7. The minimum atomic E-state index is 0.679. The number of hydrogen-bond acceptors (Lipinski definition) is 3. The van der Waals surface area contributed by atoms with Gasteiger partial charge in [0.1, 0.15) is 16.7 Å². The summed E-state index contributed by atoms with van der Waals surface area (Å²) in [5, 5.41) is 6.02. The van der Waals surface area contributed by atoms with Gasteiger partial charge in [0.25, 0.3) is 0 Å². The van der Waals surface area contributed by atoms with E-state index in [-0.39, 0.29) is 0 Å². The van der Waals surface area contributed by atoms with Crippen molar-refractivity contribution in [3.05, 3.63) is 169 Å². The van der Waals surface area contributed by atoms with Gasteiger partial charge in [0.05, 0.1) is 10.9 Å². The predicted octanol–water partition coefficient (Wildman–Crippen LogP) is 13.2. The highest BCUT2D eigenvalue weighted by Crippen LogP contribution is 2.44. The van der Waals surface area contributed by atoms with Crippen LogP contribution in [0.15, 0.2) is 173 Å². The Balaban J connectivity index is 1.24. The highest BCUT2D eigenvalue weighted by atomic mass is 35.5. The van der Waals surface area contributed by atoms with Crippen molar-refractivity contribution in [1.82, 2.24) is 4.57 Å². The van der Waals surface area contributed by atoms with E-state index in [2.05, 4.69) is 131 Å². The Kier molecular flexibility index (Phi) is 6.20. The van der Waals surface area contributed by atoms with Gasteiger partial charge in [-0.15, -0.1) is 0 Å². The molecule has 232 valence electrons. The normalized spacial score (nSPS) is 11.8. The van der Waals surface area contributed by atoms with E-state index in [1.165, 1.54) is 0 Å². The van der Waals surface area contributed by atoms with Crippen molar-refractivity contribution in [1.29, 1.82) is 0 Å². The van der Waals surface area contributed by atoms with E-state index in [0.717, 1.165) is 88.8 Å². The molecule has 7 aromatic carbocycles. The second kappa shape index (κ2) is 10.9. The van der Waals surface area contributed by atoms with Crippen LogP contribution in [0.1, 0.15) is 0 Å². The largest absolute Gasteiger partial charge is 0.456 e. The molecular weight excluding hydrogens is 624 g/mol. The molecule has 0 N–H and O–H groups in total. The summed E-state index contributed by atoms with van der Waals surface area (Å²) in [5.74, 6) is 0. The van der Waals surface area contributed by atoms with Crippen LogP contribution >= 0.6 is 11.6 Å². The van der Waals surface area contributed by atoms with E-state index in [1.54, 1.807) is 0 Å². The van der Waals surface area contributed by atoms with E-state index in [1.807, 2.05) is 42.5 Å². The molecule has 4 nitrogen and oxygen atoms in total. The summed E-state index contributed by atoms with van der Waals surface area (Å²) in [4.78, 5) is 2.30. The van der Waals surface area contributed by atoms with E-state index >= 15 is 0 Å². The van der Waals surface area contributed by atoms with Gasteiger partial charge in [0.15, 0.2) is 0 Å². The molecule has 49 heavy (non-hydrogen) atoms. The quantitative estimate of drug-likeness (QED) is 0.186. The van der Waals surface area contributed by atoms with Crippen molar-refractivity contribution in [2.75, 3.05) is 4.90 Å². The van der Waals surface area contributed by atoms with Gasteiger partial charge in [-0.05, 0) is 90.0 Å². The van der Waals surface area contributed by atoms with Gasteiger partial charge in [-0.2, -0.15) is 0 Å². The first-order valence-corrected chi connectivity index (χ1v) is 16.7. The van der Waals surface area contributed by atoms with Gasteiger partial charge >= 0.3 is 0 Å². The Labute approximate surface area is 286 Å². The lowest BCUT2D eigenvalue weighted by Crippen LogP contribution is -2.10. The number of aromatic nitrogens is 1. The fourth-order valence-corrected chi connectivity index (χ4v) is 7.40. The lowest BCUT2D eigenvalue weighted by molar-refractivity contribution is 0.645. The van der Waals surface area contributed by atoms with Gasteiger partial charge < -0.3 is 13.7 Å². The van der Waals surface area contributed by atoms with Crippen LogP contribution in [0.2, 0.25) is 5.02 Å². The fourth-order valence-electron chi connectivity index (χ4n) is 7.23. The molecule has 0 aliphatic rings. The van der Waals surface area contributed by atoms with Gasteiger partial charge in [0, 0.05) is 55.4 Å². The van der Waals surface area contributed by atoms with Crippen LogP contribution in [0, 0.1) is 0 Å². The van der Waals surface area contributed by atoms with Crippen LogP contribution in [0.3, 0.4) is 0 Å². The molecule has 5 heteroatoms. The van der Waals surface area contributed by atoms with E-state index in [9.17, 15) is 0 Å². The molecule has 10 rings (SSSR count). The van der Waals surface area contributed by atoms with Crippen LogP contribution < -0.4 is 4.90 Å². The zero-order chi connectivity index (χ0) is 32.5. The van der Waals surface area contributed by atoms with Gasteiger partial charge in [0.2, 0.25) is 5.71 Å². The number of hydrogen-bond donors (Lipinski definition) is 0. The molecule has 10 aromatic rings. The maximum atomic E-state index is 6.57. The third kappa shape index (κ3) is 4.46. The summed E-state index contributed by atoms with van der Waals surface area (Å²) >= 11 is 6.51.